The number of amides is 2. The summed E-state index contributed by atoms with van der Waals surface area (Å²) in [6.45, 7) is 7.88. The summed E-state index contributed by atoms with van der Waals surface area (Å²) >= 11 is 0. The van der Waals surface area contributed by atoms with E-state index in [1.807, 2.05) is 42.7 Å². The molecule has 2 aromatic carbocycles. The average Bonchev–Trinajstić information content (AvgIpc) is 3.23. The quantitative estimate of drug-likeness (QED) is 0.376. The van der Waals surface area contributed by atoms with Crippen LogP contribution in [0.2, 0.25) is 0 Å². The number of fused-ring (bicyclic) bond motifs is 1. The van der Waals surface area contributed by atoms with Gasteiger partial charge in [-0.25, -0.2) is 4.79 Å². The van der Waals surface area contributed by atoms with Gasteiger partial charge in [0.1, 0.15) is 5.58 Å². The van der Waals surface area contributed by atoms with Crippen molar-refractivity contribution in [2.24, 2.45) is 0 Å². The third-order valence-corrected chi connectivity index (χ3v) is 6.56. The zero-order valence-electron chi connectivity index (χ0n) is 19.3. The fraction of sp³-hybridized carbons (Fsp3) is 0.444. The van der Waals surface area contributed by atoms with Crippen LogP contribution in [0.4, 0.5) is 16.2 Å². The first-order chi connectivity index (χ1) is 15.7. The maximum Gasteiger partial charge on any atom is 0.323 e. The van der Waals surface area contributed by atoms with E-state index in [4.69, 9.17) is 4.42 Å². The van der Waals surface area contributed by atoms with Crippen LogP contribution in [0.3, 0.4) is 0 Å². The third kappa shape index (κ3) is 5.52. The Morgan fingerprint density at radius 2 is 1.81 bits per heavy atom. The van der Waals surface area contributed by atoms with Crippen LogP contribution in [0.25, 0.3) is 11.0 Å². The van der Waals surface area contributed by atoms with Crippen LogP contribution in [-0.2, 0) is 6.42 Å². The van der Waals surface area contributed by atoms with Crippen LogP contribution in [-0.4, -0.2) is 30.6 Å². The minimum atomic E-state index is -0.233. The van der Waals surface area contributed by atoms with E-state index in [-0.39, 0.29) is 6.03 Å². The fourth-order valence-electron chi connectivity index (χ4n) is 4.66. The summed E-state index contributed by atoms with van der Waals surface area (Å²) in [5, 5.41) is 7.02. The number of piperidine rings is 1. The molecule has 5 nitrogen and oxygen atoms in total. The number of carbonyl (C=O) groups excluding carboxylic acids is 1. The largest absolute Gasteiger partial charge is 0.464 e. The number of hydrogen-bond donors (Lipinski definition) is 2. The Kier molecular flexibility index (Phi) is 7.48. The van der Waals surface area contributed by atoms with Crippen molar-refractivity contribution in [3.63, 3.8) is 0 Å². The normalized spacial score (nSPS) is 15.2. The Morgan fingerprint density at radius 3 is 2.56 bits per heavy atom. The highest BCUT2D eigenvalue weighted by Gasteiger charge is 2.23. The molecule has 0 bridgehead atoms. The number of benzene rings is 2. The molecule has 1 aliphatic heterocycles. The van der Waals surface area contributed by atoms with Gasteiger partial charge in [-0.3, -0.25) is 0 Å². The van der Waals surface area contributed by atoms with Crippen molar-refractivity contribution in [3.05, 3.63) is 59.9 Å². The topological polar surface area (TPSA) is 57.5 Å². The summed E-state index contributed by atoms with van der Waals surface area (Å²) in [6, 6.07) is 13.6. The highest BCUT2D eigenvalue weighted by molar-refractivity contribution is 6.01. The van der Waals surface area contributed by atoms with E-state index in [0.717, 1.165) is 54.7 Å². The maximum atomic E-state index is 12.5. The number of hydrogen-bond acceptors (Lipinski definition) is 3. The fourth-order valence-corrected chi connectivity index (χ4v) is 4.66. The molecule has 0 unspecified atom stereocenters. The molecule has 2 heterocycles. The molecule has 32 heavy (non-hydrogen) atoms. The molecule has 0 radical (unpaired) electrons. The van der Waals surface area contributed by atoms with E-state index in [9.17, 15) is 4.79 Å². The monoisotopic (exact) mass is 433 g/mol. The molecule has 1 saturated heterocycles. The highest BCUT2D eigenvalue weighted by atomic mass is 16.3. The molecule has 0 aliphatic carbocycles. The van der Waals surface area contributed by atoms with Crippen LogP contribution in [0, 0.1) is 0 Å². The van der Waals surface area contributed by atoms with Crippen LogP contribution < -0.4 is 10.6 Å². The summed E-state index contributed by atoms with van der Waals surface area (Å²) in [5.41, 5.74) is 4.93. The van der Waals surface area contributed by atoms with Crippen molar-refractivity contribution in [1.29, 1.82) is 0 Å². The average molecular weight is 434 g/mol. The molecule has 5 heteroatoms. The zero-order chi connectivity index (χ0) is 22.3. The van der Waals surface area contributed by atoms with Crippen molar-refractivity contribution in [2.75, 3.05) is 30.3 Å². The van der Waals surface area contributed by atoms with E-state index in [1.54, 1.807) is 0 Å². The highest BCUT2D eigenvalue weighted by Crippen LogP contribution is 2.35. The Bertz CT molecular complexity index is 1030. The SMILES string of the molecule is CCCCCN1CCC(c2coc3ccc(NC(=O)Nc4cccc(CC)c4)cc23)CC1. The number of carbonyl (C=O) groups is 1. The molecular weight excluding hydrogens is 398 g/mol. The van der Waals surface area contributed by atoms with Crippen molar-refractivity contribution in [2.45, 2.75) is 58.3 Å². The lowest BCUT2D eigenvalue weighted by atomic mass is 9.89. The first-order valence-electron chi connectivity index (χ1n) is 12.1. The van der Waals surface area contributed by atoms with Gasteiger partial charge in [-0.1, -0.05) is 38.8 Å². The van der Waals surface area contributed by atoms with E-state index in [2.05, 4.69) is 35.4 Å². The summed E-state index contributed by atoms with van der Waals surface area (Å²) < 4.78 is 5.85. The predicted octanol–water partition coefficient (Wildman–Crippen LogP) is 7.01. The Morgan fingerprint density at radius 1 is 1.03 bits per heavy atom. The summed E-state index contributed by atoms with van der Waals surface area (Å²) in [4.78, 5) is 15.1. The molecule has 0 saturated carbocycles. The number of unbranched alkanes of at least 4 members (excludes halogenated alkanes) is 2. The lowest BCUT2D eigenvalue weighted by Crippen LogP contribution is -2.33. The first-order valence-corrected chi connectivity index (χ1v) is 12.1. The lowest BCUT2D eigenvalue weighted by molar-refractivity contribution is 0.208. The first kappa shape index (κ1) is 22.4. The third-order valence-electron chi connectivity index (χ3n) is 6.56. The molecule has 1 fully saturated rings. The van der Waals surface area contributed by atoms with Gasteiger partial charge in [-0.15, -0.1) is 0 Å². The Balaban J connectivity index is 1.40. The van der Waals surface area contributed by atoms with E-state index in [1.165, 1.54) is 36.9 Å². The van der Waals surface area contributed by atoms with Gasteiger partial charge < -0.3 is 20.0 Å². The van der Waals surface area contributed by atoms with Crippen LogP contribution in [0.1, 0.15) is 63.0 Å². The van der Waals surface area contributed by atoms with E-state index >= 15 is 0 Å². The summed E-state index contributed by atoms with van der Waals surface area (Å²) in [6.07, 6.45) is 9.07. The molecular formula is C27H35N3O2. The van der Waals surface area contributed by atoms with Gasteiger partial charge in [0.2, 0.25) is 0 Å². The second-order valence-electron chi connectivity index (χ2n) is 8.86. The van der Waals surface area contributed by atoms with Gasteiger partial charge in [-0.2, -0.15) is 0 Å². The van der Waals surface area contributed by atoms with Gasteiger partial charge in [0.05, 0.1) is 6.26 Å². The molecule has 4 rings (SSSR count). The van der Waals surface area contributed by atoms with E-state index in [0.29, 0.717) is 5.92 Å². The second-order valence-corrected chi connectivity index (χ2v) is 8.86. The molecule has 2 N–H and O–H groups in total. The summed E-state index contributed by atoms with van der Waals surface area (Å²) in [7, 11) is 0. The number of nitrogens with one attached hydrogen (secondary N) is 2. The Hall–Kier alpha value is -2.79. The molecule has 170 valence electrons. The van der Waals surface area contributed by atoms with Crippen LogP contribution in [0.5, 0.6) is 0 Å². The lowest BCUT2D eigenvalue weighted by Gasteiger charge is -2.31. The number of urea groups is 1. The molecule has 1 aromatic heterocycles. The van der Waals surface area contributed by atoms with Gasteiger partial charge in [0, 0.05) is 22.3 Å². The van der Waals surface area contributed by atoms with Crippen LogP contribution >= 0.6 is 0 Å². The van der Waals surface area contributed by atoms with Gasteiger partial charge in [-0.05, 0) is 87.1 Å². The number of likely N-dealkylation sites (tertiary alicyclic amines) is 1. The van der Waals surface area contributed by atoms with Gasteiger partial charge in [0.25, 0.3) is 0 Å². The minimum Gasteiger partial charge on any atom is -0.464 e. The summed E-state index contributed by atoms with van der Waals surface area (Å²) in [5.74, 6) is 0.513. The Labute approximate surface area is 191 Å². The van der Waals surface area contributed by atoms with E-state index < -0.39 is 0 Å². The smallest absolute Gasteiger partial charge is 0.323 e. The zero-order valence-corrected chi connectivity index (χ0v) is 19.3. The molecule has 3 aromatic rings. The molecule has 0 atom stereocenters. The second kappa shape index (κ2) is 10.7. The molecule has 0 spiro atoms. The van der Waals surface area contributed by atoms with Crippen molar-refractivity contribution < 1.29 is 9.21 Å². The van der Waals surface area contributed by atoms with Crippen molar-refractivity contribution >= 4 is 28.4 Å². The van der Waals surface area contributed by atoms with Gasteiger partial charge >= 0.3 is 6.03 Å². The van der Waals surface area contributed by atoms with Gasteiger partial charge in [0.15, 0.2) is 0 Å². The predicted molar refractivity (Wildman–Crippen MR) is 133 cm³/mol. The number of rotatable bonds is 8. The number of nitrogens with zero attached hydrogens (tertiary/aromatic N) is 1. The number of furan rings is 1. The van der Waals surface area contributed by atoms with Crippen LogP contribution in [0.15, 0.2) is 53.1 Å². The minimum absolute atomic E-state index is 0.233. The molecule has 2 amide bonds. The van der Waals surface area contributed by atoms with Crippen molar-refractivity contribution in [3.8, 4) is 0 Å². The number of aryl methyl sites for hydroxylation is 1. The number of anilines is 2. The maximum absolute atomic E-state index is 12.5. The molecule has 1 aliphatic rings. The van der Waals surface area contributed by atoms with Crippen molar-refractivity contribution in [1.82, 2.24) is 4.90 Å². The standard InChI is InChI=1S/C27H35N3O2/c1-3-5-6-14-30-15-12-21(13-16-30)25-19-32-26-11-10-23(18-24(25)26)29-27(31)28-22-9-7-8-20(4-2)17-22/h7-11,17-19,21H,3-6,12-16H2,1-2H3,(H2,28,29,31).